The molecule has 98 valence electrons. The van der Waals surface area contributed by atoms with Crippen LogP contribution in [0.25, 0.3) is 0 Å². The second-order valence-electron chi connectivity index (χ2n) is 4.17. The number of rotatable bonds is 3. The van der Waals surface area contributed by atoms with E-state index < -0.39 is 0 Å². The molecule has 0 radical (unpaired) electrons. The molecule has 0 atom stereocenters. The van der Waals surface area contributed by atoms with Crippen LogP contribution in [0.3, 0.4) is 0 Å². The lowest BCUT2D eigenvalue weighted by Crippen LogP contribution is -1.96. The first-order chi connectivity index (χ1) is 9.22. The van der Waals surface area contributed by atoms with Crippen LogP contribution in [0, 0.1) is 0 Å². The number of halogens is 1. The summed E-state index contributed by atoms with van der Waals surface area (Å²) < 4.78 is 16.2. The Balaban J connectivity index is 1.72. The molecule has 0 fully saturated rings. The van der Waals surface area contributed by atoms with Crippen molar-refractivity contribution in [2.24, 2.45) is 0 Å². The quantitative estimate of drug-likeness (QED) is 0.875. The topological polar surface area (TPSA) is 53.7 Å². The molecule has 0 spiro atoms. The first-order valence-electron chi connectivity index (χ1n) is 5.79. The zero-order chi connectivity index (χ0) is 13.2. The number of nitrogens with two attached hydrogens (primary N) is 1. The fourth-order valence-electron chi connectivity index (χ4n) is 1.83. The first-order valence-corrected chi connectivity index (χ1v) is 6.16. The summed E-state index contributed by atoms with van der Waals surface area (Å²) in [4.78, 5) is 0. The van der Waals surface area contributed by atoms with E-state index in [0.717, 1.165) is 17.1 Å². The number of benzene rings is 2. The van der Waals surface area contributed by atoms with Gasteiger partial charge in [-0.15, -0.1) is 0 Å². The van der Waals surface area contributed by atoms with Crippen molar-refractivity contribution in [1.29, 1.82) is 0 Å². The van der Waals surface area contributed by atoms with Crippen LogP contribution in [0.2, 0.25) is 5.02 Å². The largest absolute Gasteiger partial charge is 0.487 e. The van der Waals surface area contributed by atoms with Crippen LogP contribution in [0.4, 0.5) is 5.69 Å². The Hall–Kier alpha value is -2.07. The molecule has 3 rings (SSSR count). The van der Waals surface area contributed by atoms with E-state index in [1.54, 1.807) is 18.2 Å². The Bertz CT molecular complexity index is 616. The minimum absolute atomic E-state index is 0.267. The maximum absolute atomic E-state index is 6.04. The van der Waals surface area contributed by atoms with Crippen LogP contribution in [-0.4, -0.2) is 6.79 Å². The average molecular weight is 278 g/mol. The predicted molar refractivity (Wildman–Crippen MR) is 72.8 cm³/mol. The van der Waals surface area contributed by atoms with Crippen LogP contribution in [0.5, 0.6) is 17.2 Å². The molecular weight excluding hydrogens is 266 g/mol. The number of nitrogen functional groups attached to an aromatic ring is 1. The molecule has 4 nitrogen and oxygen atoms in total. The van der Waals surface area contributed by atoms with Crippen molar-refractivity contribution in [2.45, 2.75) is 6.61 Å². The van der Waals surface area contributed by atoms with Crippen molar-refractivity contribution >= 4 is 17.3 Å². The van der Waals surface area contributed by atoms with Crippen LogP contribution < -0.4 is 19.9 Å². The smallest absolute Gasteiger partial charge is 0.231 e. The third-order valence-electron chi connectivity index (χ3n) is 2.79. The van der Waals surface area contributed by atoms with Gasteiger partial charge in [0.05, 0.1) is 5.02 Å². The van der Waals surface area contributed by atoms with E-state index in [0.29, 0.717) is 23.1 Å². The molecule has 0 aromatic heterocycles. The fourth-order valence-corrected chi connectivity index (χ4v) is 2.07. The van der Waals surface area contributed by atoms with E-state index in [9.17, 15) is 0 Å². The summed E-state index contributed by atoms with van der Waals surface area (Å²) in [6.07, 6.45) is 0. The van der Waals surface area contributed by atoms with Crippen molar-refractivity contribution in [1.82, 2.24) is 0 Å². The highest BCUT2D eigenvalue weighted by Gasteiger charge is 2.13. The first kappa shape index (κ1) is 12.0. The minimum Gasteiger partial charge on any atom is -0.487 e. The van der Waals surface area contributed by atoms with Crippen LogP contribution in [0.15, 0.2) is 36.4 Å². The molecule has 2 aromatic rings. The molecule has 19 heavy (non-hydrogen) atoms. The lowest BCUT2D eigenvalue weighted by Gasteiger charge is -2.09. The number of ether oxygens (including phenoxy) is 3. The zero-order valence-electron chi connectivity index (χ0n) is 10.1. The van der Waals surface area contributed by atoms with E-state index in [-0.39, 0.29) is 6.79 Å². The lowest BCUT2D eigenvalue weighted by atomic mass is 10.2. The van der Waals surface area contributed by atoms with Gasteiger partial charge in [-0.05, 0) is 35.9 Å². The number of fused-ring (bicyclic) bond motifs is 1. The van der Waals surface area contributed by atoms with Crippen molar-refractivity contribution < 1.29 is 14.2 Å². The standard InChI is InChI=1S/C14H12ClNO3/c15-11-6-10(16)2-4-12(11)17-7-9-1-3-13-14(5-9)19-8-18-13/h1-6H,7-8,16H2. The summed E-state index contributed by atoms with van der Waals surface area (Å²) in [6, 6.07) is 10.9. The van der Waals surface area contributed by atoms with Gasteiger partial charge in [0.1, 0.15) is 12.4 Å². The van der Waals surface area contributed by atoms with Gasteiger partial charge < -0.3 is 19.9 Å². The molecule has 0 saturated carbocycles. The molecule has 0 bridgehead atoms. The molecule has 2 aromatic carbocycles. The summed E-state index contributed by atoms with van der Waals surface area (Å²) in [6.45, 7) is 0.670. The summed E-state index contributed by atoms with van der Waals surface area (Å²) >= 11 is 6.04. The van der Waals surface area contributed by atoms with E-state index in [4.69, 9.17) is 31.5 Å². The van der Waals surface area contributed by atoms with Gasteiger partial charge in [-0.3, -0.25) is 0 Å². The number of anilines is 1. The van der Waals surface area contributed by atoms with Crippen molar-refractivity contribution in [3.8, 4) is 17.2 Å². The molecule has 5 heteroatoms. The highest BCUT2D eigenvalue weighted by atomic mass is 35.5. The Morgan fingerprint density at radius 2 is 1.95 bits per heavy atom. The SMILES string of the molecule is Nc1ccc(OCc2ccc3c(c2)OCO3)c(Cl)c1. The van der Waals surface area contributed by atoms with E-state index in [1.807, 2.05) is 18.2 Å². The summed E-state index contributed by atoms with van der Waals surface area (Å²) in [7, 11) is 0. The predicted octanol–water partition coefficient (Wildman–Crippen LogP) is 3.23. The Morgan fingerprint density at radius 3 is 2.79 bits per heavy atom. The molecule has 0 saturated heterocycles. The van der Waals surface area contributed by atoms with Crippen LogP contribution in [0.1, 0.15) is 5.56 Å². The third kappa shape index (κ3) is 2.53. The summed E-state index contributed by atoms with van der Waals surface area (Å²) in [5, 5.41) is 0.501. The Morgan fingerprint density at radius 1 is 1.11 bits per heavy atom. The third-order valence-corrected chi connectivity index (χ3v) is 3.08. The van der Waals surface area contributed by atoms with Gasteiger partial charge in [0.15, 0.2) is 11.5 Å². The molecule has 1 heterocycles. The molecular formula is C14H12ClNO3. The Labute approximate surface area is 115 Å². The van der Waals surface area contributed by atoms with E-state index in [1.165, 1.54) is 0 Å². The van der Waals surface area contributed by atoms with Crippen LogP contribution >= 0.6 is 11.6 Å². The molecule has 2 N–H and O–H groups in total. The van der Waals surface area contributed by atoms with Gasteiger partial charge in [-0.25, -0.2) is 0 Å². The van der Waals surface area contributed by atoms with Gasteiger partial charge >= 0.3 is 0 Å². The van der Waals surface area contributed by atoms with Gasteiger partial charge in [-0.1, -0.05) is 17.7 Å². The maximum atomic E-state index is 6.04. The monoisotopic (exact) mass is 277 g/mol. The minimum atomic E-state index is 0.267. The summed E-state index contributed by atoms with van der Waals surface area (Å²) in [5.41, 5.74) is 7.22. The van der Waals surface area contributed by atoms with Crippen molar-refractivity contribution in [3.63, 3.8) is 0 Å². The average Bonchev–Trinajstić information content (AvgIpc) is 2.85. The van der Waals surface area contributed by atoms with Crippen molar-refractivity contribution in [2.75, 3.05) is 12.5 Å². The number of hydrogen-bond donors (Lipinski definition) is 1. The Kier molecular flexibility index (Phi) is 3.09. The molecule has 0 aliphatic carbocycles. The zero-order valence-corrected chi connectivity index (χ0v) is 10.8. The summed E-state index contributed by atoms with van der Waals surface area (Å²) in [5.74, 6) is 2.10. The van der Waals surface area contributed by atoms with Gasteiger partial charge in [0, 0.05) is 5.69 Å². The second-order valence-corrected chi connectivity index (χ2v) is 4.57. The van der Waals surface area contributed by atoms with Crippen LogP contribution in [-0.2, 0) is 6.61 Å². The van der Waals surface area contributed by atoms with Gasteiger partial charge in [-0.2, -0.15) is 0 Å². The normalized spacial score (nSPS) is 12.5. The van der Waals surface area contributed by atoms with Gasteiger partial charge in [0.2, 0.25) is 6.79 Å². The maximum Gasteiger partial charge on any atom is 0.231 e. The van der Waals surface area contributed by atoms with E-state index >= 15 is 0 Å². The van der Waals surface area contributed by atoms with Gasteiger partial charge in [0.25, 0.3) is 0 Å². The molecule has 0 unspecified atom stereocenters. The molecule has 1 aliphatic rings. The molecule has 0 amide bonds. The van der Waals surface area contributed by atoms with E-state index in [2.05, 4.69) is 0 Å². The second kappa shape index (κ2) is 4.90. The molecule has 1 aliphatic heterocycles. The highest BCUT2D eigenvalue weighted by Crippen LogP contribution is 2.33. The highest BCUT2D eigenvalue weighted by molar-refractivity contribution is 6.32. The number of hydrogen-bond acceptors (Lipinski definition) is 4. The lowest BCUT2D eigenvalue weighted by molar-refractivity contribution is 0.174. The van der Waals surface area contributed by atoms with Crippen molar-refractivity contribution in [3.05, 3.63) is 47.0 Å². The fraction of sp³-hybridized carbons (Fsp3) is 0.143.